The Morgan fingerprint density at radius 2 is 1.35 bits per heavy atom. The molecule has 2 aromatic carbocycles. The zero-order chi connectivity index (χ0) is 14.0. The van der Waals surface area contributed by atoms with Crippen molar-refractivity contribution in [2.45, 2.75) is 19.3 Å². The molecule has 3 nitrogen and oxygen atoms in total. The molecule has 1 heterocycles. The van der Waals surface area contributed by atoms with E-state index in [2.05, 4.69) is 29.0 Å². The number of hydrogen-bond acceptors (Lipinski definition) is 3. The molecule has 1 aliphatic heterocycles. The van der Waals surface area contributed by atoms with Gasteiger partial charge in [0.1, 0.15) is 6.10 Å². The van der Waals surface area contributed by atoms with Gasteiger partial charge in [-0.05, 0) is 11.1 Å². The number of benzene rings is 2. The Morgan fingerprint density at radius 3 is 1.65 bits per heavy atom. The fourth-order valence-corrected chi connectivity index (χ4v) is 1.61. The molecule has 2 aromatic rings. The second kappa shape index (κ2) is 8.48. The van der Waals surface area contributed by atoms with Crippen LogP contribution in [0.3, 0.4) is 0 Å². The number of aliphatic hydroxyl groups is 1. The molecule has 0 spiro atoms. The molecule has 20 heavy (non-hydrogen) atoms. The van der Waals surface area contributed by atoms with E-state index in [9.17, 15) is 0 Å². The summed E-state index contributed by atoms with van der Waals surface area (Å²) in [4.78, 5) is 0. The van der Waals surface area contributed by atoms with Gasteiger partial charge in [0.25, 0.3) is 0 Å². The van der Waals surface area contributed by atoms with Crippen LogP contribution >= 0.6 is 0 Å². The van der Waals surface area contributed by atoms with Gasteiger partial charge in [-0.15, -0.1) is 0 Å². The number of aliphatic hydroxyl groups excluding tert-OH is 1. The molecular formula is C17H20O3. The van der Waals surface area contributed by atoms with E-state index in [-0.39, 0.29) is 12.7 Å². The highest BCUT2D eigenvalue weighted by molar-refractivity contribution is 5.15. The SMILES string of the molecule is OCC1CO1.c1ccc(COCc2ccccc2)cc1. The molecule has 1 saturated heterocycles. The van der Waals surface area contributed by atoms with Crippen LogP contribution in [-0.4, -0.2) is 24.4 Å². The van der Waals surface area contributed by atoms with Gasteiger partial charge < -0.3 is 14.6 Å². The van der Waals surface area contributed by atoms with Gasteiger partial charge in [0.2, 0.25) is 0 Å². The van der Waals surface area contributed by atoms with E-state index >= 15 is 0 Å². The summed E-state index contributed by atoms with van der Waals surface area (Å²) in [5, 5.41) is 8.08. The predicted octanol–water partition coefficient (Wildman–Crippen LogP) is 2.78. The van der Waals surface area contributed by atoms with Gasteiger partial charge >= 0.3 is 0 Å². The highest BCUT2D eigenvalue weighted by Gasteiger charge is 2.19. The van der Waals surface area contributed by atoms with E-state index in [4.69, 9.17) is 9.84 Å². The standard InChI is InChI=1S/C14H14O.C3H6O2/c1-3-7-13(8-4-1)11-15-12-14-9-5-2-6-10-14;4-1-3-2-5-3/h1-10H,11-12H2;3-4H,1-2H2. The van der Waals surface area contributed by atoms with Gasteiger partial charge in [-0.3, -0.25) is 0 Å². The third-order valence-electron chi connectivity index (χ3n) is 2.83. The average molecular weight is 272 g/mol. The summed E-state index contributed by atoms with van der Waals surface area (Å²) in [6.07, 6.45) is 0.190. The highest BCUT2D eigenvalue weighted by atomic mass is 16.6. The quantitative estimate of drug-likeness (QED) is 0.851. The Hall–Kier alpha value is -1.68. The molecule has 3 rings (SSSR count). The van der Waals surface area contributed by atoms with Crippen molar-refractivity contribution in [3.05, 3.63) is 71.8 Å². The van der Waals surface area contributed by atoms with E-state index in [1.54, 1.807) is 0 Å². The maximum Gasteiger partial charge on any atom is 0.104 e. The van der Waals surface area contributed by atoms with Crippen LogP contribution in [-0.2, 0) is 22.7 Å². The summed E-state index contributed by atoms with van der Waals surface area (Å²) in [6, 6.07) is 20.4. The predicted molar refractivity (Wildman–Crippen MR) is 78.2 cm³/mol. The average Bonchev–Trinajstić information content (AvgIpc) is 3.34. The minimum absolute atomic E-state index is 0.190. The molecule has 3 heteroatoms. The van der Waals surface area contributed by atoms with Crippen molar-refractivity contribution in [2.75, 3.05) is 13.2 Å². The molecule has 106 valence electrons. The zero-order valence-electron chi connectivity index (χ0n) is 11.4. The summed E-state index contributed by atoms with van der Waals surface area (Å²) < 4.78 is 10.2. The van der Waals surface area contributed by atoms with Crippen LogP contribution in [0.5, 0.6) is 0 Å². The van der Waals surface area contributed by atoms with Crippen LogP contribution in [0.1, 0.15) is 11.1 Å². The Kier molecular flexibility index (Phi) is 6.24. The number of hydrogen-bond donors (Lipinski definition) is 1. The largest absolute Gasteiger partial charge is 0.394 e. The summed E-state index contributed by atoms with van der Waals surface area (Å²) in [6.45, 7) is 2.31. The number of ether oxygens (including phenoxy) is 2. The van der Waals surface area contributed by atoms with E-state index in [1.807, 2.05) is 36.4 Å². The van der Waals surface area contributed by atoms with Crippen molar-refractivity contribution in [2.24, 2.45) is 0 Å². The van der Waals surface area contributed by atoms with Crippen molar-refractivity contribution in [1.29, 1.82) is 0 Å². The first kappa shape index (κ1) is 14.7. The summed E-state index contributed by atoms with van der Waals surface area (Å²) in [5.74, 6) is 0. The van der Waals surface area contributed by atoms with Gasteiger partial charge in [-0.2, -0.15) is 0 Å². The third kappa shape index (κ3) is 5.97. The van der Waals surface area contributed by atoms with E-state index < -0.39 is 0 Å². The van der Waals surface area contributed by atoms with Crippen LogP contribution in [0.4, 0.5) is 0 Å². The van der Waals surface area contributed by atoms with E-state index in [0.29, 0.717) is 13.2 Å². The molecule has 0 radical (unpaired) electrons. The Bertz CT molecular complexity index is 427. The molecule has 1 N–H and O–H groups in total. The molecule has 0 aromatic heterocycles. The minimum Gasteiger partial charge on any atom is -0.394 e. The Labute approximate surface area is 119 Å². The lowest BCUT2D eigenvalue weighted by Gasteiger charge is -2.03. The van der Waals surface area contributed by atoms with Crippen LogP contribution in [0.25, 0.3) is 0 Å². The number of epoxide rings is 1. The molecule has 0 amide bonds. The lowest BCUT2D eigenvalue weighted by molar-refractivity contribution is 0.107. The molecular weight excluding hydrogens is 252 g/mol. The lowest BCUT2D eigenvalue weighted by Crippen LogP contribution is -1.93. The molecule has 1 unspecified atom stereocenters. The van der Waals surface area contributed by atoms with Gasteiger partial charge in [-0.25, -0.2) is 0 Å². The van der Waals surface area contributed by atoms with Crippen LogP contribution < -0.4 is 0 Å². The van der Waals surface area contributed by atoms with Gasteiger partial charge in [0.15, 0.2) is 0 Å². The maximum atomic E-state index is 8.08. The second-order valence-electron chi connectivity index (χ2n) is 4.60. The van der Waals surface area contributed by atoms with E-state index in [1.165, 1.54) is 11.1 Å². The van der Waals surface area contributed by atoms with Gasteiger partial charge in [0, 0.05) is 0 Å². The first-order valence-corrected chi connectivity index (χ1v) is 6.76. The van der Waals surface area contributed by atoms with Crippen LogP contribution in [0.2, 0.25) is 0 Å². The summed E-state index contributed by atoms with van der Waals surface area (Å²) in [7, 11) is 0. The molecule has 1 atom stereocenters. The first-order chi connectivity index (χ1) is 9.88. The lowest BCUT2D eigenvalue weighted by atomic mass is 10.2. The maximum absolute atomic E-state index is 8.08. The van der Waals surface area contributed by atoms with E-state index in [0.717, 1.165) is 6.61 Å². The van der Waals surface area contributed by atoms with Crippen molar-refractivity contribution in [3.63, 3.8) is 0 Å². The van der Waals surface area contributed by atoms with Crippen molar-refractivity contribution >= 4 is 0 Å². The molecule has 1 aliphatic rings. The fourth-order valence-electron chi connectivity index (χ4n) is 1.61. The summed E-state index contributed by atoms with van der Waals surface area (Å²) in [5.41, 5.74) is 2.43. The normalized spacial score (nSPS) is 16.1. The van der Waals surface area contributed by atoms with Crippen LogP contribution in [0.15, 0.2) is 60.7 Å². The molecule has 0 aliphatic carbocycles. The topological polar surface area (TPSA) is 42.0 Å². The summed E-state index contributed by atoms with van der Waals surface area (Å²) >= 11 is 0. The van der Waals surface area contributed by atoms with Gasteiger partial charge in [-0.1, -0.05) is 60.7 Å². The smallest absolute Gasteiger partial charge is 0.104 e. The molecule has 1 fully saturated rings. The minimum atomic E-state index is 0.190. The first-order valence-electron chi connectivity index (χ1n) is 6.76. The highest BCUT2D eigenvalue weighted by Crippen LogP contribution is 2.05. The van der Waals surface area contributed by atoms with Crippen molar-refractivity contribution in [1.82, 2.24) is 0 Å². The zero-order valence-corrected chi connectivity index (χ0v) is 11.4. The number of rotatable bonds is 5. The molecule has 0 bridgehead atoms. The fraction of sp³-hybridized carbons (Fsp3) is 0.294. The second-order valence-corrected chi connectivity index (χ2v) is 4.60. The van der Waals surface area contributed by atoms with Crippen molar-refractivity contribution < 1.29 is 14.6 Å². The Morgan fingerprint density at radius 1 is 0.900 bits per heavy atom. The van der Waals surface area contributed by atoms with Gasteiger partial charge in [0.05, 0.1) is 26.4 Å². The molecule has 0 saturated carbocycles. The van der Waals surface area contributed by atoms with Crippen LogP contribution in [0, 0.1) is 0 Å². The monoisotopic (exact) mass is 272 g/mol. The van der Waals surface area contributed by atoms with Crippen molar-refractivity contribution in [3.8, 4) is 0 Å². The Balaban J connectivity index is 0.000000247. The third-order valence-corrected chi connectivity index (χ3v) is 2.83.